The predicted octanol–water partition coefficient (Wildman–Crippen LogP) is 4.03. The summed E-state index contributed by atoms with van der Waals surface area (Å²) in [6.45, 7) is 1.24. The lowest BCUT2D eigenvalue weighted by Gasteiger charge is -2.32. The fourth-order valence-electron chi connectivity index (χ4n) is 3.61. The van der Waals surface area contributed by atoms with Crippen molar-refractivity contribution in [3.8, 4) is 34.8 Å². The zero-order valence-corrected chi connectivity index (χ0v) is 19.0. The Morgan fingerprint density at radius 3 is 2.93 bits per heavy atom. The number of ether oxygens (including phenoxy) is 4. The van der Waals surface area contributed by atoms with E-state index in [-0.39, 0.29) is 31.8 Å². The van der Waals surface area contributed by atoms with Gasteiger partial charge in [-0.2, -0.15) is 0 Å². The normalized spacial score (nSPS) is 16.6. The van der Waals surface area contributed by atoms with Crippen LogP contribution in [0.3, 0.4) is 0 Å². The largest absolute Gasteiger partial charge is 0.492 e. The summed E-state index contributed by atoms with van der Waals surface area (Å²) in [6.07, 6.45) is 1.65. The summed E-state index contributed by atoms with van der Waals surface area (Å²) in [5.74, 6) is 8.92. The molecule has 0 aliphatic carbocycles. The molecule has 0 spiro atoms. The molecule has 30 heavy (non-hydrogen) atoms. The molecule has 0 radical (unpaired) electrons. The molecule has 0 aromatic heterocycles. The molecule has 0 fully saturated rings. The molecule has 8 heteroatoms. The monoisotopic (exact) mass is 493 g/mol. The van der Waals surface area contributed by atoms with Crippen molar-refractivity contribution in [1.82, 2.24) is 4.90 Å². The highest BCUT2D eigenvalue weighted by Crippen LogP contribution is 2.49. The lowest BCUT2D eigenvalue weighted by Crippen LogP contribution is -2.31. The van der Waals surface area contributed by atoms with Crippen molar-refractivity contribution in [2.75, 3.05) is 34.1 Å². The first kappa shape index (κ1) is 22.3. The fraction of sp³-hybridized carbons (Fsp3) is 0.318. The van der Waals surface area contributed by atoms with E-state index in [9.17, 15) is 4.79 Å². The molecule has 2 aliphatic heterocycles. The van der Waals surface area contributed by atoms with Gasteiger partial charge in [-0.05, 0) is 43.3 Å². The molecule has 2 aliphatic rings. The van der Waals surface area contributed by atoms with E-state index in [1.54, 1.807) is 19.2 Å². The van der Waals surface area contributed by atoms with Gasteiger partial charge in [0.05, 0.1) is 12.7 Å². The summed E-state index contributed by atoms with van der Waals surface area (Å²) in [5, 5.41) is 0. The van der Waals surface area contributed by atoms with Crippen LogP contribution in [0.2, 0.25) is 0 Å². The summed E-state index contributed by atoms with van der Waals surface area (Å²) >= 11 is 3.35. The van der Waals surface area contributed by atoms with Gasteiger partial charge in [0.25, 0.3) is 0 Å². The van der Waals surface area contributed by atoms with Gasteiger partial charge < -0.3 is 18.9 Å². The van der Waals surface area contributed by atoms with Crippen LogP contribution in [0.15, 0.2) is 28.7 Å². The van der Waals surface area contributed by atoms with E-state index in [2.05, 4.69) is 32.7 Å². The second kappa shape index (κ2) is 9.61. The highest BCUT2D eigenvalue weighted by atomic mass is 79.9. The highest BCUT2D eigenvalue weighted by Gasteiger charge is 2.33. The predicted molar refractivity (Wildman–Crippen MR) is 118 cm³/mol. The van der Waals surface area contributed by atoms with Crippen LogP contribution in [0.1, 0.15) is 27.5 Å². The zero-order valence-electron chi connectivity index (χ0n) is 16.6. The summed E-state index contributed by atoms with van der Waals surface area (Å²) in [7, 11) is 3.67. The van der Waals surface area contributed by atoms with Gasteiger partial charge in [-0.1, -0.05) is 27.8 Å². The Morgan fingerprint density at radius 2 is 2.17 bits per heavy atom. The third-order valence-corrected chi connectivity index (χ3v) is 5.53. The number of carbonyl (C=O) groups is 1. The molecule has 0 amide bonds. The second-order valence-electron chi connectivity index (χ2n) is 6.76. The SMILES string of the molecule is COc1c2c(cc3c1C(C#CCOc1ccc(Br)cc1C=O)N(C)CC3)OCO2.Cl. The number of carbonyl (C=O) groups excluding carboxylic acids is 1. The zero-order chi connectivity index (χ0) is 20.4. The molecule has 158 valence electrons. The standard InChI is InChI=1S/C22H20BrNO5.ClH/c1-24-8-7-14-11-19-21(29-13-28-19)22(26-2)20(14)17(24)4-3-9-27-18-6-5-16(23)10-15(18)12-25;/h5-6,10-12,17H,7-9,13H2,1-2H3;1H. The Bertz CT molecular complexity index is 1020. The van der Waals surface area contributed by atoms with Gasteiger partial charge in [0, 0.05) is 16.6 Å². The van der Waals surface area contributed by atoms with Crippen molar-refractivity contribution in [1.29, 1.82) is 0 Å². The van der Waals surface area contributed by atoms with Crippen LogP contribution < -0.4 is 18.9 Å². The molecule has 2 aromatic rings. The molecule has 1 unspecified atom stereocenters. The molecule has 2 heterocycles. The number of nitrogens with zero attached hydrogens (tertiary/aromatic N) is 1. The topological polar surface area (TPSA) is 57.2 Å². The summed E-state index contributed by atoms with van der Waals surface area (Å²) in [5.41, 5.74) is 2.64. The van der Waals surface area contributed by atoms with Crippen molar-refractivity contribution in [2.24, 2.45) is 0 Å². The molecule has 6 nitrogen and oxygen atoms in total. The third-order valence-electron chi connectivity index (χ3n) is 5.03. The van der Waals surface area contributed by atoms with Crippen molar-refractivity contribution in [2.45, 2.75) is 12.5 Å². The molecule has 0 N–H and O–H groups in total. The van der Waals surface area contributed by atoms with E-state index < -0.39 is 0 Å². The molecule has 0 saturated heterocycles. The van der Waals surface area contributed by atoms with Crippen LogP contribution >= 0.6 is 28.3 Å². The van der Waals surface area contributed by atoms with Crippen LogP contribution in [-0.4, -0.2) is 45.3 Å². The van der Waals surface area contributed by atoms with Crippen LogP contribution in [0, 0.1) is 11.8 Å². The first-order valence-electron chi connectivity index (χ1n) is 9.18. The van der Waals surface area contributed by atoms with Gasteiger partial charge in [-0.3, -0.25) is 9.69 Å². The lowest BCUT2D eigenvalue weighted by atomic mass is 9.91. The van der Waals surface area contributed by atoms with Gasteiger partial charge in [0.2, 0.25) is 12.5 Å². The van der Waals surface area contributed by atoms with Crippen molar-refractivity contribution >= 4 is 34.6 Å². The van der Waals surface area contributed by atoms with Crippen LogP contribution in [0.4, 0.5) is 0 Å². The quantitative estimate of drug-likeness (QED) is 0.472. The summed E-state index contributed by atoms with van der Waals surface area (Å²) < 4.78 is 23.4. The third kappa shape index (κ3) is 4.22. The molecule has 0 bridgehead atoms. The fourth-order valence-corrected chi connectivity index (χ4v) is 3.99. The first-order chi connectivity index (χ1) is 14.1. The molecule has 4 rings (SSSR count). The van der Waals surface area contributed by atoms with Gasteiger partial charge in [0.15, 0.2) is 17.8 Å². The van der Waals surface area contributed by atoms with Crippen LogP contribution in [0.5, 0.6) is 23.0 Å². The maximum Gasteiger partial charge on any atom is 0.231 e. The Hall–Kier alpha value is -2.40. The number of rotatable bonds is 4. The van der Waals surface area contributed by atoms with Crippen molar-refractivity contribution < 1.29 is 23.7 Å². The van der Waals surface area contributed by atoms with Gasteiger partial charge in [-0.25, -0.2) is 0 Å². The van der Waals surface area contributed by atoms with E-state index in [0.29, 0.717) is 22.8 Å². The smallest absolute Gasteiger partial charge is 0.231 e. The number of methoxy groups -OCH3 is 1. The molecule has 0 saturated carbocycles. The van der Waals surface area contributed by atoms with E-state index in [1.807, 2.05) is 19.2 Å². The van der Waals surface area contributed by atoms with Crippen molar-refractivity contribution in [3.05, 3.63) is 45.4 Å². The molecular weight excluding hydrogens is 474 g/mol. The van der Waals surface area contributed by atoms with Crippen molar-refractivity contribution in [3.63, 3.8) is 0 Å². The number of halogens is 2. The number of hydrogen-bond acceptors (Lipinski definition) is 6. The van der Waals surface area contributed by atoms with Crippen LogP contribution in [-0.2, 0) is 6.42 Å². The van der Waals surface area contributed by atoms with E-state index in [1.165, 1.54) is 0 Å². The number of hydrogen-bond donors (Lipinski definition) is 0. The lowest BCUT2D eigenvalue weighted by molar-refractivity contribution is 0.112. The maximum atomic E-state index is 11.2. The minimum atomic E-state index is -0.151. The average molecular weight is 495 g/mol. The molecular formula is C22H21BrClNO5. The Balaban J connectivity index is 0.00000256. The maximum absolute atomic E-state index is 11.2. The second-order valence-corrected chi connectivity index (χ2v) is 7.68. The van der Waals surface area contributed by atoms with Crippen LogP contribution in [0.25, 0.3) is 0 Å². The van der Waals surface area contributed by atoms with E-state index in [0.717, 1.165) is 40.6 Å². The molecule has 2 aromatic carbocycles. The van der Waals surface area contributed by atoms with Gasteiger partial charge in [0.1, 0.15) is 18.4 Å². The number of likely N-dealkylation sites (N-methyl/N-ethyl adjacent to an activating group) is 1. The Morgan fingerprint density at radius 1 is 1.33 bits per heavy atom. The Labute approximate surface area is 190 Å². The summed E-state index contributed by atoms with van der Waals surface area (Å²) in [6, 6.07) is 7.17. The van der Waals surface area contributed by atoms with Gasteiger partial charge >= 0.3 is 0 Å². The Kier molecular flexibility index (Phi) is 7.14. The number of benzene rings is 2. The summed E-state index contributed by atoms with van der Waals surface area (Å²) in [4.78, 5) is 13.4. The van der Waals surface area contributed by atoms with Gasteiger partial charge in [-0.15, -0.1) is 12.4 Å². The highest BCUT2D eigenvalue weighted by molar-refractivity contribution is 9.10. The first-order valence-corrected chi connectivity index (χ1v) is 9.97. The number of aldehydes is 1. The van der Waals surface area contributed by atoms with E-state index >= 15 is 0 Å². The minimum absolute atomic E-state index is 0. The average Bonchev–Trinajstić information content (AvgIpc) is 3.19. The number of fused-ring (bicyclic) bond motifs is 2. The van der Waals surface area contributed by atoms with E-state index in [4.69, 9.17) is 18.9 Å². The minimum Gasteiger partial charge on any atom is -0.492 e. The molecule has 1 atom stereocenters.